The normalized spacial score (nSPS) is 10.4. The van der Waals surface area contributed by atoms with Crippen LogP contribution in [0.1, 0.15) is 17.5 Å². The monoisotopic (exact) mass is 376 g/mol. The SMILES string of the molecule is COc1ccc(CNC(=O)CCNCCc2cccc(Cl)c2)cc1OC. The van der Waals surface area contributed by atoms with Crippen molar-refractivity contribution in [2.75, 3.05) is 27.3 Å². The van der Waals surface area contributed by atoms with Gasteiger partial charge in [0.05, 0.1) is 14.2 Å². The quantitative estimate of drug-likeness (QED) is 0.625. The number of benzene rings is 2. The molecule has 0 aromatic heterocycles. The van der Waals surface area contributed by atoms with Gasteiger partial charge in [-0.2, -0.15) is 0 Å². The molecule has 0 atom stereocenters. The summed E-state index contributed by atoms with van der Waals surface area (Å²) >= 11 is 5.96. The molecular weight excluding hydrogens is 352 g/mol. The zero-order valence-electron chi connectivity index (χ0n) is 15.2. The molecule has 0 aliphatic rings. The number of rotatable bonds is 10. The zero-order chi connectivity index (χ0) is 18.8. The molecule has 1 amide bonds. The first-order valence-corrected chi connectivity index (χ1v) is 8.93. The molecule has 0 radical (unpaired) electrons. The summed E-state index contributed by atoms with van der Waals surface area (Å²) in [4.78, 5) is 11.9. The van der Waals surface area contributed by atoms with Gasteiger partial charge in [0.1, 0.15) is 0 Å². The van der Waals surface area contributed by atoms with E-state index in [9.17, 15) is 4.79 Å². The summed E-state index contributed by atoms with van der Waals surface area (Å²) in [7, 11) is 3.19. The van der Waals surface area contributed by atoms with Gasteiger partial charge < -0.3 is 20.1 Å². The molecule has 2 aromatic carbocycles. The predicted molar refractivity (Wildman–Crippen MR) is 104 cm³/mol. The number of methoxy groups -OCH3 is 2. The third-order valence-electron chi connectivity index (χ3n) is 3.95. The van der Waals surface area contributed by atoms with Crippen molar-refractivity contribution in [1.82, 2.24) is 10.6 Å². The molecule has 5 nitrogen and oxygen atoms in total. The maximum atomic E-state index is 11.9. The van der Waals surface area contributed by atoms with Gasteiger partial charge in [0.2, 0.25) is 5.91 Å². The van der Waals surface area contributed by atoms with E-state index in [0.717, 1.165) is 23.6 Å². The standard InChI is InChI=1S/C20H25ClN2O3/c1-25-18-7-6-16(13-19(18)26-2)14-23-20(24)9-11-22-10-8-15-4-3-5-17(21)12-15/h3-7,12-13,22H,8-11,14H2,1-2H3,(H,23,24). The summed E-state index contributed by atoms with van der Waals surface area (Å²) in [6.45, 7) is 1.91. The Bertz CT molecular complexity index is 722. The molecule has 26 heavy (non-hydrogen) atoms. The molecule has 0 saturated carbocycles. The molecular formula is C20H25ClN2O3. The maximum absolute atomic E-state index is 11.9. The van der Waals surface area contributed by atoms with Crippen LogP contribution in [0.2, 0.25) is 5.02 Å². The highest BCUT2D eigenvalue weighted by atomic mass is 35.5. The lowest BCUT2D eigenvalue weighted by atomic mass is 10.1. The fourth-order valence-corrected chi connectivity index (χ4v) is 2.74. The van der Waals surface area contributed by atoms with Crippen LogP contribution in [0, 0.1) is 0 Å². The van der Waals surface area contributed by atoms with Crippen LogP contribution in [-0.4, -0.2) is 33.2 Å². The molecule has 6 heteroatoms. The number of hydrogen-bond acceptors (Lipinski definition) is 4. The van der Waals surface area contributed by atoms with Gasteiger partial charge in [-0.15, -0.1) is 0 Å². The number of halogens is 1. The average Bonchev–Trinajstić information content (AvgIpc) is 2.65. The largest absolute Gasteiger partial charge is 0.493 e. The van der Waals surface area contributed by atoms with E-state index in [1.54, 1.807) is 14.2 Å². The van der Waals surface area contributed by atoms with Gasteiger partial charge in [-0.1, -0.05) is 29.8 Å². The van der Waals surface area contributed by atoms with Gasteiger partial charge in [-0.05, 0) is 48.4 Å². The van der Waals surface area contributed by atoms with Crippen LogP contribution >= 0.6 is 11.6 Å². The Morgan fingerprint density at radius 3 is 2.54 bits per heavy atom. The summed E-state index contributed by atoms with van der Waals surface area (Å²) in [5.41, 5.74) is 2.15. The first-order valence-electron chi connectivity index (χ1n) is 8.55. The molecule has 0 spiro atoms. The van der Waals surface area contributed by atoms with Gasteiger partial charge in [-0.3, -0.25) is 4.79 Å². The number of nitrogens with one attached hydrogen (secondary N) is 2. The van der Waals surface area contributed by atoms with E-state index in [1.165, 1.54) is 5.56 Å². The van der Waals surface area contributed by atoms with Gasteiger partial charge in [0.25, 0.3) is 0 Å². The van der Waals surface area contributed by atoms with Gasteiger partial charge in [0, 0.05) is 24.5 Å². The maximum Gasteiger partial charge on any atom is 0.221 e. The summed E-state index contributed by atoms with van der Waals surface area (Å²) < 4.78 is 10.5. The van der Waals surface area contributed by atoms with E-state index in [-0.39, 0.29) is 5.91 Å². The highest BCUT2D eigenvalue weighted by molar-refractivity contribution is 6.30. The van der Waals surface area contributed by atoms with Gasteiger partial charge in [0.15, 0.2) is 11.5 Å². The van der Waals surface area contributed by atoms with Crippen molar-refractivity contribution in [3.8, 4) is 11.5 Å². The van der Waals surface area contributed by atoms with Gasteiger partial charge in [-0.25, -0.2) is 0 Å². The number of carbonyl (C=O) groups excluding carboxylic acids is 1. The van der Waals surface area contributed by atoms with E-state index in [0.29, 0.717) is 31.0 Å². The fourth-order valence-electron chi connectivity index (χ4n) is 2.53. The van der Waals surface area contributed by atoms with Gasteiger partial charge >= 0.3 is 0 Å². The van der Waals surface area contributed by atoms with E-state index in [1.807, 2.05) is 42.5 Å². The number of ether oxygens (including phenoxy) is 2. The molecule has 0 saturated heterocycles. The lowest BCUT2D eigenvalue weighted by Gasteiger charge is -2.10. The third kappa shape index (κ3) is 6.58. The zero-order valence-corrected chi connectivity index (χ0v) is 15.9. The van der Waals surface area contributed by atoms with Crippen molar-refractivity contribution < 1.29 is 14.3 Å². The van der Waals surface area contributed by atoms with E-state index >= 15 is 0 Å². The van der Waals surface area contributed by atoms with Crippen molar-refractivity contribution in [3.63, 3.8) is 0 Å². The summed E-state index contributed by atoms with van der Waals surface area (Å²) in [5, 5.41) is 6.93. The van der Waals surface area contributed by atoms with Crippen LogP contribution in [-0.2, 0) is 17.8 Å². The summed E-state index contributed by atoms with van der Waals surface area (Å²) in [5.74, 6) is 1.34. The number of hydrogen-bond donors (Lipinski definition) is 2. The van der Waals surface area contributed by atoms with Crippen LogP contribution in [0.5, 0.6) is 11.5 Å². The van der Waals surface area contributed by atoms with Crippen LogP contribution < -0.4 is 20.1 Å². The first-order chi connectivity index (χ1) is 12.6. The van der Waals surface area contributed by atoms with Crippen LogP contribution in [0.3, 0.4) is 0 Å². The lowest BCUT2D eigenvalue weighted by molar-refractivity contribution is -0.121. The summed E-state index contributed by atoms with van der Waals surface area (Å²) in [6, 6.07) is 13.4. The minimum atomic E-state index is 0.00930. The Morgan fingerprint density at radius 2 is 1.81 bits per heavy atom. The highest BCUT2D eigenvalue weighted by Crippen LogP contribution is 2.27. The Labute approximate surface area is 159 Å². The Morgan fingerprint density at radius 1 is 1.00 bits per heavy atom. The molecule has 0 heterocycles. The summed E-state index contributed by atoms with van der Waals surface area (Å²) in [6.07, 6.45) is 1.32. The van der Waals surface area contributed by atoms with Crippen LogP contribution in [0.4, 0.5) is 0 Å². The van der Waals surface area contributed by atoms with Crippen molar-refractivity contribution >= 4 is 17.5 Å². The first kappa shape index (κ1) is 20.1. The molecule has 0 fully saturated rings. The molecule has 0 unspecified atom stereocenters. The molecule has 2 aromatic rings. The molecule has 2 rings (SSSR count). The minimum Gasteiger partial charge on any atom is -0.493 e. The number of carbonyl (C=O) groups is 1. The fraction of sp³-hybridized carbons (Fsp3) is 0.350. The molecule has 140 valence electrons. The number of amides is 1. The van der Waals surface area contributed by atoms with Crippen molar-refractivity contribution in [3.05, 3.63) is 58.6 Å². The second-order valence-corrected chi connectivity index (χ2v) is 6.28. The second-order valence-electron chi connectivity index (χ2n) is 5.85. The molecule has 0 bridgehead atoms. The van der Waals surface area contributed by atoms with Crippen molar-refractivity contribution in [1.29, 1.82) is 0 Å². The van der Waals surface area contributed by atoms with Crippen LogP contribution in [0.25, 0.3) is 0 Å². The Balaban J connectivity index is 1.64. The van der Waals surface area contributed by atoms with E-state index in [2.05, 4.69) is 10.6 Å². The second kappa shape index (κ2) is 10.7. The topological polar surface area (TPSA) is 59.6 Å². The average molecular weight is 377 g/mol. The molecule has 2 N–H and O–H groups in total. The minimum absolute atomic E-state index is 0.00930. The Kier molecular flexibility index (Phi) is 8.25. The Hall–Kier alpha value is -2.24. The highest BCUT2D eigenvalue weighted by Gasteiger charge is 2.06. The van der Waals surface area contributed by atoms with E-state index in [4.69, 9.17) is 21.1 Å². The van der Waals surface area contributed by atoms with E-state index < -0.39 is 0 Å². The van der Waals surface area contributed by atoms with Crippen molar-refractivity contribution in [2.45, 2.75) is 19.4 Å². The van der Waals surface area contributed by atoms with Crippen molar-refractivity contribution in [2.24, 2.45) is 0 Å². The molecule has 0 aliphatic heterocycles. The third-order valence-corrected chi connectivity index (χ3v) is 4.18. The predicted octanol–water partition coefficient (Wildman–Crippen LogP) is 3.20. The lowest BCUT2D eigenvalue weighted by Crippen LogP contribution is -2.28. The molecule has 0 aliphatic carbocycles. The smallest absolute Gasteiger partial charge is 0.221 e. The van der Waals surface area contributed by atoms with Crippen LogP contribution in [0.15, 0.2) is 42.5 Å².